The fraction of sp³-hybridized carbons (Fsp3) is 0.462. The average Bonchev–Trinajstić information content (AvgIpc) is 2.43. The number of halogens is 3. The molecule has 0 heterocycles. The smallest absolute Gasteiger partial charge is 0.432 e. The van der Waals surface area contributed by atoms with Crippen LogP contribution in [-0.4, -0.2) is 30.4 Å². The van der Waals surface area contributed by atoms with Gasteiger partial charge in [0.15, 0.2) is 0 Å². The fourth-order valence-electron chi connectivity index (χ4n) is 1.40. The molecule has 0 bridgehead atoms. The van der Waals surface area contributed by atoms with Crippen LogP contribution in [0.25, 0.3) is 0 Å². The van der Waals surface area contributed by atoms with E-state index in [0.717, 1.165) is 6.07 Å². The highest BCUT2D eigenvalue weighted by atomic mass is 79.9. The van der Waals surface area contributed by atoms with E-state index < -0.39 is 44.3 Å². The van der Waals surface area contributed by atoms with Crippen LogP contribution in [0.2, 0.25) is 0 Å². The van der Waals surface area contributed by atoms with Crippen LogP contribution in [0.15, 0.2) is 22.7 Å². The number of hydrogen-bond donors (Lipinski definition) is 1. The number of carbonyl (C=O) groups is 1. The van der Waals surface area contributed by atoms with Crippen LogP contribution in [0.5, 0.6) is 0 Å². The Hall–Kier alpha value is -1.02. The zero-order valence-electron chi connectivity index (χ0n) is 12.3. The highest BCUT2D eigenvalue weighted by molar-refractivity contribution is 9.10. The minimum Gasteiger partial charge on any atom is -0.432 e. The normalized spacial score (nSPS) is 14.4. The number of carbonyl (C=O) groups excluding carboxylic acids is 1. The lowest BCUT2D eigenvalue weighted by Gasteiger charge is -2.23. The zero-order valence-corrected chi connectivity index (χ0v) is 14.8. The standard InChI is InChI=1S/C13H15BrF2O6P/c1-9(2)22-12(17)20-7-8-21-23(18,19)13(15,16)10-5-3-4-6-11(10)14/h3,5-6,9H,7-8H2,1-2H3,(H,18,19). The van der Waals surface area contributed by atoms with E-state index in [2.05, 4.69) is 36.0 Å². The van der Waals surface area contributed by atoms with Gasteiger partial charge in [-0.15, -0.1) is 0 Å². The van der Waals surface area contributed by atoms with Crippen molar-refractivity contribution in [2.24, 2.45) is 0 Å². The van der Waals surface area contributed by atoms with Crippen molar-refractivity contribution in [1.29, 1.82) is 0 Å². The lowest BCUT2D eigenvalue weighted by atomic mass is 10.2. The van der Waals surface area contributed by atoms with Crippen molar-refractivity contribution in [3.63, 3.8) is 0 Å². The second kappa shape index (κ2) is 8.19. The molecule has 0 saturated carbocycles. The van der Waals surface area contributed by atoms with Gasteiger partial charge in [-0.3, -0.25) is 4.57 Å². The SMILES string of the molecule is CC(C)OC(=O)OCCOP(=O)(O)C(F)(F)c1cc[c]cc1Br. The summed E-state index contributed by atoms with van der Waals surface area (Å²) < 4.78 is 53.5. The summed E-state index contributed by atoms with van der Waals surface area (Å²) in [6.07, 6.45) is -1.44. The van der Waals surface area contributed by atoms with Crippen LogP contribution in [0, 0.1) is 6.07 Å². The lowest BCUT2D eigenvalue weighted by Crippen LogP contribution is -2.19. The molecule has 0 aliphatic rings. The van der Waals surface area contributed by atoms with Crippen LogP contribution in [0.3, 0.4) is 0 Å². The summed E-state index contributed by atoms with van der Waals surface area (Å²) in [5.41, 5.74) is -4.85. The molecule has 0 spiro atoms. The fourth-order valence-corrected chi connectivity index (χ4v) is 3.05. The predicted molar refractivity (Wildman–Crippen MR) is 80.2 cm³/mol. The topological polar surface area (TPSA) is 82.1 Å². The van der Waals surface area contributed by atoms with Gasteiger partial charge < -0.3 is 18.9 Å². The van der Waals surface area contributed by atoms with Crippen molar-refractivity contribution in [3.05, 3.63) is 34.3 Å². The van der Waals surface area contributed by atoms with E-state index in [4.69, 9.17) is 0 Å². The molecule has 23 heavy (non-hydrogen) atoms. The molecule has 0 fully saturated rings. The quantitative estimate of drug-likeness (QED) is 0.410. The second-order valence-corrected chi connectivity index (χ2v) is 7.28. The summed E-state index contributed by atoms with van der Waals surface area (Å²) >= 11 is 2.86. The maximum absolute atomic E-state index is 14.1. The van der Waals surface area contributed by atoms with Crippen LogP contribution >= 0.6 is 23.5 Å². The average molecular weight is 416 g/mol. The van der Waals surface area contributed by atoms with Crippen LogP contribution in [-0.2, 0) is 24.2 Å². The van der Waals surface area contributed by atoms with Gasteiger partial charge in [0.25, 0.3) is 0 Å². The first-order valence-electron chi connectivity index (χ1n) is 6.42. The Kier molecular flexibility index (Phi) is 7.13. The summed E-state index contributed by atoms with van der Waals surface area (Å²) in [7, 11) is -5.34. The molecule has 10 heteroatoms. The first kappa shape index (κ1) is 20.0. The molecule has 1 aromatic carbocycles. The van der Waals surface area contributed by atoms with Crippen molar-refractivity contribution in [3.8, 4) is 0 Å². The van der Waals surface area contributed by atoms with Gasteiger partial charge >= 0.3 is 19.4 Å². The minimum absolute atomic E-state index is 0.0837. The van der Waals surface area contributed by atoms with Crippen molar-refractivity contribution in [2.45, 2.75) is 25.6 Å². The van der Waals surface area contributed by atoms with Crippen molar-refractivity contribution in [2.75, 3.05) is 13.2 Å². The van der Waals surface area contributed by atoms with E-state index in [1.807, 2.05) is 0 Å². The predicted octanol–water partition coefficient (Wildman–Crippen LogP) is 4.06. The molecule has 0 aliphatic heterocycles. The Bertz CT molecular complexity index is 596. The van der Waals surface area contributed by atoms with Crippen molar-refractivity contribution in [1.82, 2.24) is 0 Å². The van der Waals surface area contributed by atoms with E-state index in [-0.39, 0.29) is 4.47 Å². The van der Waals surface area contributed by atoms with Gasteiger partial charge in [-0.25, -0.2) is 4.79 Å². The third kappa shape index (κ3) is 5.53. The van der Waals surface area contributed by atoms with Gasteiger partial charge in [0.1, 0.15) is 6.61 Å². The molecule has 1 atom stereocenters. The molecule has 0 aromatic heterocycles. The molecule has 0 amide bonds. The molecule has 1 unspecified atom stereocenters. The minimum atomic E-state index is -5.34. The van der Waals surface area contributed by atoms with Gasteiger partial charge in [-0.05, 0) is 26.0 Å². The summed E-state index contributed by atoms with van der Waals surface area (Å²) in [4.78, 5) is 20.6. The lowest BCUT2D eigenvalue weighted by molar-refractivity contribution is 0.0166. The number of alkyl halides is 2. The second-order valence-electron chi connectivity index (χ2n) is 4.57. The summed E-state index contributed by atoms with van der Waals surface area (Å²) in [5.74, 6) is 0. The summed E-state index contributed by atoms with van der Waals surface area (Å²) in [5, 5.41) is 0. The maximum atomic E-state index is 14.1. The summed E-state index contributed by atoms with van der Waals surface area (Å²) in [6, 6.07) is 5.86. The Morgan fingerprint density at radius 3 is 2.70 bits per heavy atom. The molecule has 129 valence electrons. The molecule has 0 aliphatic carbocycles. The van der Waals surface area contributed by atoms with Gasteiger partial charge in [0, 0.05) is 10.0 Å². The van der Waals surface area contributed by atoms with Crippen LogP contribution in [0.1, 0.15) is 19.4 Å². The van der Waals surface area contributed by atoms with Gasteiger partial charge in [0.2, 0.25) is 0 Å². The molecule has 1 radical (unpaired) electrons. The number of benzene rings is 1. The zero-order chi connectivity index (χ0) is 17.7. The Morgan fingerprint density at radius 1 is 1.48 bits per heavy atom. The third-order valence-corrected chi connectivity index (χ3v) is 4.53. The third-order valence-electron chi connectivity index (χ3n) is 2.39. The van der Waals surface area contributed by atoms with Gasteiger partial charge in [-0.1, -0.05) is 28.1 Å². The Labute approximate surface area is 140 Å². The largest absolute Gasteiger partial charge is 0.508 e. The monoisotopic (exact) mass is 415 g/mol. The number of hydrogen-bond acceptors (Lipinski definition) is 5. The number of rotatable bonds is 7. The molecule has 0 saturated heterocycles. The van der Waals surface area contributed by atoms with E-state index in [0.29, 0.717) is 0 Å². The maximum Gasteiger partial charge on any atom is 0.508 e. The Morgan fingerprint density at radius 2 is 2.13 bits per heavy atom. The molecular weight excluding hydrogens is 401 g/mol. The van der Waals surface area contributed by atoms with E-state index in [1.165, 1.54) is 12.1 Å². The Balaban J connectivity index is 2.63. The first-order chi connectivity index (χ1) is 10.6. The molecule has 1 rings (SSSR count). The van der Waals surface area contributed by atoms with Crippen LogP contribution in [0.4, 0.5) is 13.6 Å². The van der Waals surface area contributed by atoms with Gasteiger partial charge in [0.05, 0.1) is 12.7 Å². The highest BCUT2D eigenvalue weighted by Crippen LogP contribution is 2.63. The number of ether oxygens (including phenoxy) is 2. The van der Waals surface area contributed by atoms with Crippen LogP contribution < -0.4 is 0 Å². The van der Waals surface area contributed by atoms with Crippen molar-refractivity contribution < 1.29 is 37.0 Å². The van der Waals surface area contributed by atoms with Crippen molar-refractivity contribution >= 4 is 29.7 Å². The molecule has 6 nitrogen and oxygen atoms in total. The van der Waals surface area contributed by atoms with Gasteiger partial charge in [-0.2, -0.15) is 8.78 Å². The highest BCUT2D eigenvalue weighted by Gasteiger charge is 2.53. The molecular formula is C13H15BrF2O6P. The van der Waals surface area contributed by atoms with E-state index in [1.54, 1.807) is 13.8 Å². The first-order valence-corrected chi connectivity index (χ1v) is 8.79. The summed E-state index contributed by atoms with van der Waals surface area (Å²) in [6.45, 7) is 1.99. The van der Waals surface area contributed by atoms with E-state index in [9.17, 15) is 23.0 Å². The molecule has 1 aromatic rings. The van der Waals surface area contributed by atoms with E-state index >= 15 is 0 Å². The molecule has 1 N–H and O–H groups in total.